The topological polar surface area (TPSA) is 205 Å². The fourth-order valence-electron chi connectivity index (χ4n) is 4.83. The number of hydrogen-bond donors (Lipinski definition) is 2. The van der Waals surface area contributed by atoms with Crippen molar-refractivity contribution in [3.8, 4) is 0 Å². The second-order valence-corrected chi connectivity index (χ2v) is 17.7. The van der Waals surface area contributed by atoms with Crippen molar-refractivity contribution in [2.75, 3.05) is 19.8 Å². The standard InChI is InChI=1S/C27H46O13S4/c1-7-38-15-16-39-22(28)25(43(32,33)34)41-24(30)21(17(2)3)18(4)13-14-19(5)40-26(31)27(6,44(35,36)37)42-23(29)20-11-9-8-10-12-20/h17-21,25H,7-16H2,1-6H3,(H,32,33,34)(H,35,36,37). The van der Waals surface area contributed by atoms with Gasteiger partial charge in [0.15, 0.2) is 10.2 Å². The van der Waals surface area contributed by atoms with Crippen LogP contribution in [0.3, 0.4) is 0 Å². The van der Waals surface area contributed by atoms with E-state index in [0.29, 0.717) is 19.4 Å². The molecule has 2 N–H and O–H groups in total. The molecule has 1 aliphatic carbocycles. The molecule has 0 bridgehead atoms. The third kappa shape index (κ3) is 12.5. The first-order valence-electron chi connectivity index (χ1n) is 14.6. The van der Waals surface area contributed by atoms with Crippen LogP contribution in [0.2, 0.25) is 0 Å². The highest BCUT2D eigenvalue weighted by molar-refractivity contribution is 8.23. The predicted octanol–water partition coefficient (Wildman–Crippen LogP) is 4.10. The molecule has 0 aromatic carbocycles. The molecule has 1 aliphatic rings. The number of carbonyl (C=O) groups is 4. The van der Waals surface area contributed by atoms with Gasteiger partial charge in [-0.25, -0.2) is 9.59 Å². The molecular weight excluding hydrogens is 661 g/mol. The summed E-state index contributed by atoms with van der Waals surface area (Å²) in [7, 11) is -10.0. The van der Waals surface area contributed by atoms with Crippen molar-refractivity contribution in [3.05, 3.63) is 0 Å². The maximum Gasteiger partial charge on any atom is 0.340 e. The number of esters is 2. The van der Waals surface area contributed by atoms with Gasteiger partial charge in [-0.3, -0.25) is 18.7 Å². The van der Waals surface area contributed by atoms with E-state index in [4.69, 9.17) is 14.2 Å². The molecule has 5 unspecified atom stereocenters. The Balaban J connectivity index is 2.91. The van der Waals surface area contributed by atoms with E-state index in [1.807, 2.05) is 0 Å². The van der Waals surface area contributed by atoms with E-state index >= 15 is 0 Å². The van der Waals surface area contributed by atoms with Crippen LogP contribution < -0.4 is 0 Å². The largest absolute Gasteiger partial charge is 0.462 e. The summed E-state index contributed by atoms with van der Waals surface area (Å²) >= 11 is 0.401. The molecule has 1 rings (SSSR count). The minimum absolute atomic E-state index is 0.00631. The fraction of sp³-hybridized carbons (Fsp3) is 0.852. The van der Waals surface area contributed by atoms with Crippen LogP contribution in [0.5, 0.6) is 0 Å². The molecule has 0 aromatic heterocycles. The summed E-state index contributed by atoms with van der Waals surface area (Å²) in [5, 5.41) is -1.17. The monoisotopic (exact) mass is 706 g/mol. The van der Waals surface area contributed by atoms with Crippen LogP contribution in [0.1, 0.15) is 86.5 Å². The van der Waals surface area contributed by atoms with Gasteiger partial charge in [0.1, 0.15) is 6.61 Å². The fourth-order valence-corrected chi connectivity index (χ4v) is 8.79. The molecule has 256 valence electrons. The molecule has 0 heterocycles. The summed E-state index contributed by atoms with van der Waals surface area (Å²) in [5.41, 5.74) is 0. The van der Waals surface area contributed by atoms with Gasteiger partial charge in [-0.2, -0.15) is 16.8 Å². The Morgan fingerprint density at radius 1 is 0.932 bits per heavy atom. The lowest BCUT2D eigenvalue weighted by Crippen LogP contribution is -2.44. The van der Waals surface area contributed by atoms with Crippen molar-refractivity contribution < 1.29 is 59.3 Å². The summed E-state index contributed by atoms with van der Waals surface area (Å²) in [6.45, 7) is 9.39. The zero-order chi connectivity index (χ0) is 33.9. The molecule has 1 saturated carbocycles. The average molecular weight is 707 g/mol. The van der Waals surface area contributed by atoms with Gasteiger partial charge in [0.05, 0.1) is 12.7 Å². The molecule has 17 heteroatoms. The van der Waals surface area contributed by atoms with Crippen LogP contribution >= 0.6 is 23.5 Å². The van der Waals surface area contributed by atoms with Crippen LogP contribution in [0.4, 0.5) is 0 Å². The lowest BCUT2D eigenvalue weighted by molar-refractivity contribution is -0.149. The zero-order valence-electron chi connectivity index (χ0n) is 26.1. The molecule has 1 fully saturated rings. The minimum Gasteiger partial charge on any atom is -0.462 e. The van der Waals surface area contributed by atoms with E-state index in [2.05, 4.69) is 0 Å². The predicted molar refractivity (Wildman–Crippen MR) is 167 cm³/mol. The summed E-state index contributed by atoms with van der Waals surface area (Å²) in [6.07, 6.45) is 3.27. The van der Waals surface area contributed by atoms with E-state index in [1.54, 1.807) is 27.7 Å². The molecule has 0 amide bonds. The molecular formula is C27H46O13S4. The average Bonchev–Trinajstić information content (AvgIpc) is 2.91. The van der Waals surface area contributed by atoms with Crippen LogP contribution in [-0.4, -0.2) is 82.7 Å². The number of ether oxygens (including phenoxy) is 3. The number of thioether (sulfide) groups is 2. The SMILES string of the molecule is CCOCCOC(=O)C(SC(=O)C(C(C)C)C(C)CCC(C)OC(=O)C(C)(SC(=O)C1CCCCC1)S(=O)(=O)O)S(=O)(=O)O. The smallest absolute Gasteiger partial charge is 0.340 e. The lowest BCUT2D eigenvalue weighted by Gasteiger charge is -2.29. The van der Waals surface area contributed by atoms with Crippen molar-refractivity contribution in [3.63, 3.8) is 0 Å². The quantitative estimate of drug-likeness (QED) is 0.117. The third-order valence-electron chi connectivity index (χ3n) is 7.40. The van der Waals surface area contributed by atoms with Crippen molar-refractivity contribution in [1.82, 2.24) is 0 Å². The second kappa shape index (κ2) is 18.2. The molecule has 0 spiro atoms. The number of hydrogen-bond acceptors (Lipinski definition) is 13. The molecule has 44 heavy (non-hydrogen) atoms. The minimum atomic E-state index is -5.04. The van der Waals surface area contributed by atoms with Gasteiger partial charge in [0, 0.05) is 18.4 Å². The van der Waals surface area contributed by atoms with Crippen molar-refractivity contribution in [2.45, 2.75) is 101 Å². The van der Waals surface area contributed by atoms with Crippen LogP contribution in [-0.2, 0) is 53.6 Å². The lowest BCUT2D eigenvalue weighted by atomic mass is 9.82. The molecule has 0 aromatic rings. The maximum absolute atomic E-state index is 13.2. The van der Waals surface area contributed by atoms with Gasteiger partial charge in [-0.05, 0) is 58.3 Å². The summed E-state index contributed by atoms with van der Waals surface area (Å²) < 4.78 is 78.3. The Kier molecular flexibility index (Phi) is 16.9. The van der Waals surface area contributed by atoms with Gasteiger partial charge in [0.2, 0.25) is 8.66 Å². The van der Waals surface area contributed by atoms with Crippen molar-refractivity contribution in [2.24, 2.45) is 23.7 Å². The third-order valence-corrected chi connectivity index (χ3v) is 13.2. The van der Waals surface area contributed by atoms with E-state index in [0.717, 1.165) is 26.2 Å². The normalized spacial score (nSPS) is 18.9. The first kappa shape index (κ1) is 40.8. The van der Waals surface area contributed by atoms with Crippen LogP contribution in [0.25, 0.3) is 0 Å². The van der Waals surface area contributed by atoms with Gasteiger partial charge >= 0.3 is 11.9 Å². The molecule has 0 aliphatic heterocycles. The number of carbonyl (C=O) groups excluding carboxylic acids is 4. The van der Waals surface area contributed by atoms with Crippen LogP contribution in [0.15, 0.2) is 0 Å². The highest BCUT2D eigenvalue weighted by atomic mass is 32.3. The van der Waals surface area contributed by atoms with E-state index < -0.39 is 74.9 Å². The van der Waals surface area contributed by atoms with Gasteiger partial charge in [-0.15, -0.1) is 0 Å². The Morgan fingerprint density at radius 3 is 2.02 bits per heavy atom. The highest BCUT2D eigenvalue weighted by Crippen LogP contribution is 2.39. The Hall–Kier alpha value is -1.24. The van der Waals surface area contributed by atoms with E-state index in [9.17, 15) is 45.1 Å². The molecule has 0 saturated heterocycles. The van der Waals surface area contributed by atoms with Crippen molar-refractivity contribution in [1.29, 1.82) is 0 Å². The Morgan fingerprint density at radius 2 is 1.52 bits per heavy atom. The van der Waals surface area contributed by atoms with Crippen molar-refractivity contribution >= 4 is 65.9 Å². The first-order valence-corrected chi connectivity index (χ1v) is 19.2. The highest BCUT2D eigenvalue weighted by Gasteiger charge is 2.51. The van der Waals surface area contributed by atoms with E-state index in [-0.39, 0.29) is 55.5 Å². The van der Waals surface area contributed by atoms with Crippen LogP contribution in [0, 0.1) is 23.7 Å². The zero-order valence-corrected chi connectivity index (χ0v) is 29.3. The second-order valence-electron chi connectivity index (χ2n) is 11.4. The first-order chi connectivity index (χ1) is 20.3. The summed E-state index contributed by atoms with van der Waals surface area (Å²) in [5.74, 6) is -4.54. The Bertz CT molecular complexity index is 1200. The Labute approximate surface area is 269 Å². The summed E-state index contributed by atoms with van der Waals surface area (Å²) in [4.78, 5) is 51.3. The van der Waals surface area contributed by atoms with Gasteiger partial charge in [0.25, 0.3) is 20.2 Å². The van der Waals surface area contributed by atoms with Gasteiger partial charge < -0.3 is 14.2 Å². The number of rotatable bonds is 18. The van der Waals surface area contributed by atoms with Gasteiger partial charge in [-0.1, -0.05) is 63.6 Å². The maximum atomic E-state index is 13.2. The molecule has 5 atom stereocenters. The summed E-state index contributed by atoms with van der Waals surface area (Å²) in [6, 6.07) is 0. The molecule has 0 radical (unpaired) electrons. The van der Waals surface area contributed by atoms with E-state index in [1.165, 1.54) is 6.92 Å². The molecule has 13 nitrogen and oxygen atoms in total.